The summed E-state index contributed by atoms with van der Waals surface area (Å²) in [6.07, 6.45) is 0.0931. The van der Waals surface area contributed by atoms with Crippen LogP contribution in [0.1, 0.15) is 41.2 Å². The predicted molar refractivity (Wildman–Crippen MR) is 99.1 cm³/mol. The van der Waals surface area contributed by atoms with Crippen LogP contribution in [0.4, 0.5) is 10.5 Å². The molecule has 2 rings (SSSR count). The molecule has 0 saturated carbocycles. The maximum atomic E-state index is 12.3. The molecular weight excluding hydrogens is 334 g/mol. The highest BCUT2D eigenvalue weighted by atomic mass is 16.5. The highest BCUT2D eigenvalue weighted by molar-refractivity contribution is 5.97. The molecule has 0 radical (unpaired) electrons. The Kier molecular flexibility index (Phi) is 6.16. The van der Waals surface area contributed by atoms with Crippen molar-refractivity contribution < 1.29 is 19.1 Å². The summed E-state index contributed by atoms with van der Waals surface area (Å²) >= 11 is 0. The van der Waals surface area contributed by atoms with E-state index in [0.29, 0.717) is 28.2 Å². The fourth-order valence-electron chi connectivity index (χ4n) is 2.79. The molecule has 0 aliphatic carbocycles. The molecule has 7 nitrogen and oxygen atoms in total. The van der Waals surface area contributed by atoms with E-state index < -0.39 is 12.0 Å². The summed E-state index contributed by atoms with van der Waals surface area (Å²) in [5.41, 5.74) is 5.36. The van der Waals surface area contributed by atoms with E-state index in [0.717, 1.165) is 0 Å². The fraction of sp³-hybridized carbons (Fsp3) is 0.316. The molecule has 0 bridgehead atoms. The summed E-state index contributed by atoms with van der Waals surface area (Å²) in [5, 5.41) is 2.71. The zero-order chi connectivity index (χ0) is 19.3. The summed E-state index contributed by atoms with van der Waals surface area (Å²) in [4.78, 5) is 36.3. The summed E-state index contributed by atoms with van der Waals surface area (Å²) < 4.78 is 6.61. The molecule has 1 aromatic carbocycles. The van der Waals surface area contributed by atoms with Gasteiger partial charge in [0.1, 0.15) is 5.78 Å². The number of hydrogen-bond acceptors (Lipinski definition) is 4. The van der Waals surface area contributed by atoms with Gasteiger partial charge in [-0.25, -0.2) is 15.0 Å². The van der Waals surface area contributed by atoms with Crippen molar-refractivity contribution in [2.45, 2.75) is 34.1 Å². The highest BCUT2D eigenvalue weighted by Gasteiger charge is 2.25. The Hall–Kier alpha value is -3.09. The van der Waals surface area contributed by atoms with Gasteiger partial charge in [0.2, 0.25) is 0 Å². The first-order valence-corrected chi connectivity index (χ1v) is 8.35. The summed E-state index contributed by atoms with van der Waals surface area (Å²) in [6.45, 7) is 6.84. The maximum Gasteiger partial charge on any atom is 0.340 e. The minimum Gasteiger partial charge on any atom is -0.462 e. The van der Waals surface area contributed by atoms with Gasteiger partial charge in [0, 0.05) is 17.8 Å². The number of para-hydroxylation sites is 1. The number of amides is 2. The number of ether oxygens (including phenoxy) is 1. The normalized spacial score (nSPS) is 10.3. The number of carbonyl (C=O) groups is 3. The Morgan fingerprint density at radius 3 is 2.31 bits per heavy atom. The quantitative estimate of drug-likeness (QED) is 0.777. The number of ketones is 1. The molecule has 26 heavy (non-hydrogen) atoms. The van der Waals surface area contributed by atoms with Crippen molar-refractivity contribution in [3.05, 3.63) is 52.8 Å². The third kappa shape index (κ3) is 4.30. The van der Waals surface area contributed by atoms with Gasteiger partial charge in [-0.3, -0.25) is 9.47 Å². The van der Waals surface area contributed by atoms with Crippen LogP contribution in [0.5, 0.6) is 0 Å². The topological polar surface area (TPSA) is 89.4 Å². The first kappa shape index (κ1) is 19.2. The fourth-order valence-corrected chi connectivity index (χ4v) is 2.79. The van der Waals surface area contributed by atoms with Gasteiger partial charge in [-0.2, -0.15) is 0 Å². The standard InChI is InChI=1S/C19H23N3O4/c1-5-26-18(24)17-14(4)22(13(3)16(17)11-12(2)23)21-19(25)20-15-9-7-6-8-10-15/h6-10H,5,11H2,1-4H3,(H2,20,21,25). The molecule has 0 fully saturated rings. The number of carbonyl (C=O) groups excluding carboxylic acids is 3. The lowest BCUT2D eigenvalue weighted by atomic mass is 10.0. The Bertz CT molecular complexity index is 825. The van der Waals surface area contributed by atoms with Gasteiger partial charge in [0.25, 0.3) is 0 Å². The lowest BCUT2D eigenvalue weighted by molar-refractivity contribution is -0.116. The van der Waals surface area contributed by atoms with Gasteiger partial charge < -0.3 is 10.1 Å². The average Bonchev–Trinajstić information content (AvgIpc) is 2.80. The van der Waals surface area contributed by atoms with Crippen LogP contribution in [-0.4, -0.2) is 29.1 Å². The molecule has 0 saturated heterocycles. The number of esters is 1. The Labute approximate surface area is 152 Å². The van der Waals surface area contributed by atoms with Crippen molar-refractivity contribution in [1.82, 2.24) is 4.68 Å². The van der Waals surface area contributed by atoms with Crippen LogP contribution in [0, 0.1) is 13.8 Å². The molecule has 2 aromatic rings. The first-order chi connectivity index (χ1) is 12.3. The molecule has 0 aliphatic heterocycles. The van der Waals surface area contributed by atoms with E-state index in [1.807, 2.05) is 18.2 Å². The van der Waals surface area contributed by atoms with Crippen molar-refractivity contribution in [3.8, 4) is 0 Å². The predicted octanol–water partition coefficient (Wildman–Crippen LogP) is 3.19. The number of benzene rings is 1. The second-order valence-corrected chi connectivity index (χ2v) is 5.89. The van der Waals surface area contributed by atoms with Crippen molar-refractivity contribution in [2.75, 3.05) is 17.3 Å². The van der Waals surface area contributed by atoms with Crippen LogP contribution < -0.4 is 10.7 Å². The van der Waals surface area contributed by atoms with Crippen LogP contribution in [0.15, 0.2) is 30.3 Å². The molecule has 1 heterocycles. The van der Waals surface area contributed by atoms with E-state index in [1.165, 1.54) is 11.6 Å². The van der Waals surface area contributed by atoms with Crippen molar-refractivity contribution in [1.29, 1.82) is 0 Å². The molecule has 1 aromatic heterocycles. The number of nitrogens with zero attached hydrogens (tertiary/aromatic N) is 1. The van der Waals surface area contributed by atoms with Gasteiger partial charge in [-0.05, 0) is 45.4 Å². The molecule has 138 valence electrons. The van der Waals surface area contributed by atoms with Gasteiger partial charge >= 0.3 is 12.0 Å². The SMILES string of the molecule is CCOC(=O)c1c(CC(C)=O)c(C)n(NC(=O)Nc2ccccc2)c1C. The zero-order valence-corrected chi connectivity index (χ0v) is 15.4. The number of anilines is 1. The van der Waals surface area contributed by atoms with E-state index >= 15 is 0 Å². The van der Waals surface area contributed by atoms with Gasteiger partial charge in [0.05, 0.1) is 17.9 Å². The van der Waals surface area contributed by atoms with E-state index in [4.69, 9.17) is 4.74 Å². The maximum absolute atomic E-state index is 12.3. The lowest BCUT2D eigenvalue weighted by Crippen LogP contribution is -2.29. The van der Waals surface area contributed by atoms with E-state index in [9.17, 15) is 14.4 Å². The van der Waals surface area contributed by atoms with Crippen molar-refractivity contribution in [3.63, 3.8) is 0 Å². The summed E-state index contributed by atoms with van der Waals surface area (Å²) in [5.74, 6) is -0.585. The minimum atomic E-state index is -0.506. The molecule has 7 heteroatoms. The smallest absolute Gasteiger partial charge is 0.340 e. The van der Waals surface area contributed by atoms with Crippen LogP contribution in [0.3, 0.4) is 0 Å². The van der Waals surface area contributed by atoms with Gasteiger partial charge in [-0.1, -0.05) is 18.2 Å². The number of nitrogens with one attached hydrogen (secondary N) is 2. The van der Waals surface area contributed by atoms with Crippen LogP contribution in [0.2, 0.25) is 0 Å². The van der Waals surface area contributed by atoms with E-state index in [1.54, 1.807) is 32.9 Å². The molecule has 0 spiro atoms. The van der Waals surface area contributed by atoms with Crippen molar-refractivity contribution >= 4 is 23.5 Å². The molecule has 2 amide bonds. The second kappa shape index (κ2) is 8.33. The Balaban J connectivity index is 2.34. The van der Waals surface area contributed by atoms with Gasteiger partial charge in [-0.15, -0.1) is 0 Å². The number of Topliss-reactive ketones (excluding diaryl/α,β-unsaturated/α-hetero) is 1. The number of rotatable bonds is 6. The van der Waals surface area contributed by atoms with E-state index in [-0.39, 0.29) is 18.8 Å². The molecular formula is C19H23N3O4. The minimum absolute atomic E-state index is 0.0791. The third-order valence-electron chi connectivity index (χ3n) is 3.92. The molecule has 0 aliphatic rings. The van der Waals surface area contributed by atoms with Crippen LogP contribution >= 0.6 is 0 Å². The van der Waals surface area contributed by atoms with Gasteiger partial charge in [0.15, 0.2) is 0 Å². The van der Waals surface area contributed by atoms with Crippen LogP contribution in [-0.2, 0) is 16.0 Å². The van der Waals surface area contributed by atoms with E-state index in [2.05, 4.69) is 10.7 Å². The van der Waals surface area contributed by atoms with Crippen molar-refractivity contribution in [2.24, 2.45) is 0 Å². The third-order valence-corrected chi connectivity index (χ3v) is 3.92. The summed E-state index contributed by atoms with van der Waals surface area (Å²) in [7, 11) is 0. The number of urea groups is 1. The second-order valence-electron chi connectivity index (χ2n) is 5.89. The first-order valence-electron chi connectivity index (χ1n) is 8.35. The number of hydrogen-bond donors (Lipinski definition) is 2. The monoisotopic (exact) mass is 357 g/mol. The molecule has 0 atom stereocenters. The molecule has 0 unspecified atom stereocenters. The number of aromatic nitrogens is 1. The summed E-state index contributed by atoms with van der Waals surface area (Å²) in [6, 6.07) is 8.54. The van der Waals surface area contributed by atoms with Crippen LogP contribution in [0.25, 0.3) is 0 Å². The zero-order valence-electron chi connectivity index (χ0n) is 15.4. The lowest BCUT2D eigenvalue weighted by Gasteiger charge is -2.12. The average molecular weight is 357 g/mol. The largest absolute Gasteiger partial charge is 0.462 e. The molecule has 2 N–H and O–H groups in total. The Morgan fingerprint density at radius 2 is 1.73 bits per heavy atom. The highest BCUT2D eigenvalue weighted by Crippen LogP contribution is 2.23. The Morgan fingerprint density at radius 1 is 1.08 bits per heavy atom.